The first kappa shape index (κ1) is 13.7. The second kappa shape index (κ2) is 5.09. The quantitative estimate of drug-likeness (QED) is 0.851. The van der Waals surface area contributed by atoms with Gasteiger partial charge in [-0.1, -0.05) is 11.6 Å². The van der Waals surface area contributed by atoms with Crippen LogP contribution in [0.5, 0.6) is 0 Å². The number of sulfonamides is 1. The zero-order valence-corrected chi connectivity index (χ0v) is 11.8. The first-order chi connectivity index (χ1) is 8.92. The lowest BCUT2D eigenvalue weighted by molar-refractivity contribution is 0.603. The Morgan fingerprint density at radius 3 is 2.63 bits per heavy atom. The minimum absolute atomic E-state index is 0.0541. The SMILES string of the molecule is N#Cc1ccc(S(=O)(=O)Nc2ccc(Cl)cc2N)s1. The fraction of sp³-hybridized carbons (Fsp3) is 0. The Kier molecular flexibility index (Phi) is 3.66. The number of anilines is 2. The number of hydrogen-bond acceptors (Lipinski definition) is 5. The summed E-state index contributed by atoms with van der Waals surface area (Å²) in [7, 11) is -3.74. The lowest BCUT2D eigenvalue weighted by Crippen LogP contribution is -2.12. The fourth-order valence-electron chi connectivity index (χ4n) is 1.35. The number of hydrogen-bond donors (Lipinski definition) is 2. The van der Waals surface area contributed by atoms with E-state index in [9.17, 15) is 8.42 Å². The second-order valence-corrected chi connectivity index (χ2v) is 7.00. The van der Waals surface area contributed by atoms with Crippen LogP contribution in [0.25, 0.3) is 0 Å². The summed E-state index contributed by atoms with van der Waals surface area (Å²) in [6, 6.07) is 9.17. The zero-order valence-electron chi connectivity index (χ0n) is 9.42. The molecule has 0 bridgehead atoms. The monoisotopic (exact) mass is 313 g/mol. The van der Waals surface area contributed by atoms with Gasteiger partial charge in [-0.25, -0.2) is 8.42 Å². The molecule has 2 rings (SSSR count). The number of nitrogen functional groups attached to an aromatic ring is 1. The molecule has 1 heterocycles. The van der Waals surface area contributed by atoms with E-state index in [-0.39, 0.29) is 15.6 Å². The predicted molar refractivity (Wildman–Crippen MR) is 75.7 cm³/mol. The Morgan fingerprint density at radius 2 is 2.05 bits per heavy atom. The highest BCUT2D eigenvalue weighted by Gasteiger charge is 2.18. The van der Waals surface area contributed by atoms with Crippen LogP contribution in [0.4, 0.5) is 11.4 Å². The molecule has 19 heavy (non-hydrogen) atoms. The smallest absolute Gasteiger partial charge is 0.271 e. The molecule has 1 aromatic carbocycles. The van der Waals surface area contributed by atoms with E-state index in [0.29, 0.717) is 9.90 Å². The van der Waals surface area contributed by atoms with Crippen LogP contribution in [-0.4, -0.2) is 8.42 Å². The van der Waals surface area contributed by atoms with E-state index in [1.54, 1.807) is 0 Å². The van der Waals surface area contributed by atoms with Gasteiger partial charge in [-0.15, -0.1) is 11.3 Å². The molecule has 98 valence electrons. The zero-order chi connectivity index (χ0) is 14.0. The van der Waals surface area contributed by atoms with Gasteiger partial charge in [-0.05, 0) is 30.3 Å². The first-order valence-corrected chi connectivity index (χ1v) is 7.68. The third-order valence-corrected chi connectivity index (χ3v) is 5.30. The van der Waals surface area contributed by atoms with Gasteiger partial charge in [0, 0.05) is 5.02 Å². The maximum absolute atomic E-state index is 12.1. The average Bonchev–Trinajstić information content (AvgIpc) is 2.82. The number of nitrogens with two attached hydrogens (primary N) is 1. The van der Waals surface area contributed by atoms with Crippen molar-refractivity contribution in [2.24, 2.45) is 0 Å². The topological polar surface area (TPSA) is 96.0 Å². The van der Waals surface area contributed by atoms with Crippen molar-refractivity contribution in [1.29, 1.82) is 5.26 Å². The van der Waals surface area contributed by atoms with Crippen LogP contribution in [0.2, 0.25) is 5.02 Å². The molecule has 0 spiro atoms. The van der Waals surface area contributed by atoms with E-state index in [2.05, 4.69) is 4.72 Å². The number of nitrogens with one attached hydrogen (secondary N) is 1. The highest BCUT2D eigenvalue weighted by Crippen LogP contribution is 2.27. The number of nitriles is 1. The van der Waals surface area contributed by atoms with E-state index < -0.39 is 10.0 Å². The van der Waals surface area contributed by atoms with Crippen molar-refractivity contribution in [2.75, 3.05) is 10.5 Å². The normalized spacial score (nSPS) is 10.9. The third kappa shape index (κ3) is 2.98. The standard InChI is InChI=1S/C11H8ClN3O2S2/c12-7-1-3-10(9(14)5-7)15-19(16,17)11-4-2-8(6-13)18-11/h1-5,15H,14H2. The summed E-state index contributed by atoms with van der Waals surface area (Å²) in [5.74, 6) is 0. The van der Waals surface area contributed by atoms with E-state index in [1.165, 1.54) is 30.3 Å². The molecule has 0 fully saturated rings. The Balaban J connectivity index is 2.34. The molecule has 1 aromatic heterocycles. The first-order valence-electron chi connectivity index (χ1n) is 5.00. The van der Waals surface area contributed by atoms with E-state index in [1.807, 2.05) is 6.07 Å². The van der Waals surface area contributed by atoms with Gasteiger partial charge in [0.15, 0.2) is 0 Å². The highest BCUT2D eigenvalue weighted by molar-refractivity contribution is 7.94. The number of rotatable bonds is 3. The summed E-state index contributed by atoms with van der Waals surface area (Å²) in [6.45, 7) is 0. The summed E-state index contributed by atoms with van der Waals surface area (Å²) in [4.78, 5) is 0.324. The molecule has 0 amide bonds. The van der Waals surface area contributed by atoms with Crippen LogP contribution in [0.1, 0.15) is 4.88 Å². The molecule has 0 saturated carbocycles. The molecular formula is C11H8ClN3O2S2. The summed E-state index contributed by atoms with van der Waals surface area (Å²) in [6.07, 6.45) is 0. The fourth-order valence-corrected chi connectivity index (χ4v) is 3.72. The molecular weight excluding hydrogens is 306 g/mol. The summed E-state index contributed by atoms with van der Waals surface area (Å²) >= 11 is 6.63. The van der Waals surface area contributed by atoms with Crippen molar-refractivity contribution in [3.63, 3.8) is 0 Å². The van der Waals surface area contributed by atoms with Gasteiger partial charge in [0.2, 0.25) is 0 Å². The number of nitrogens with zero attached hydrogens (tertiary/aromatic N) is 1. The van der Waals surface area contributed by atoms with Crippen LogP contribution in [0.15, 0.2) is 34.5 Å². The van der Waals surface area contributed by atoms with E-state index >= 15 is 0 Å². The molecule has 0 aliphatic carbocycles. The number of benzene rings is 1. The second-order valence-electron chi connectivity index (χ2n) is 3.57. The van der Waals surface area contributed by atoms with Gasteiger partial charge >= 0.3 is 0 Å². The van der Waals surface area contributed by atoms with Crippen LogP contribution in [0.3, 0.4) is 0 Å². The summed E-state index contributed by atoms with van der Waals surface area (Å²) < 4.78 is 26.5. The van der Waals surface area contributed by atoms with Crippen LogP contribution in [-0.2, 0) is 10.0 Å². The number of thiophene rings is 1. The molecule has 3 N–H and O–H groups in total. The van der Waals surface area contributed by atoms with Crippen LogP contribution in [0, 0.1) is 11.3 Å². The molecule has 0 radical (unpaired) electrons. The molecule has 0 aliphatic rings. The van der Waals surface area contributed by atoms with Gasteiger partial charge in [0.25, 0.3) is 10.0 Å². The minimum Gasteiger partial charge on any atom is -0.397 e. The molecule has 5 nitrogen and oxygen atoms in total. The Hall–Kier alpha value is -1.75. The van der Waals surface area contributed by atoms with Gasteiger partial charge in [0.05, 0.1) is 11.4 Å². The van der Waals surface area contributed by atoms with Crippen molar-refractivity contribution in [3.8, 4) is 6.07 Å². The molecule has 0 saturated heterocycles. The molecule has 2 aromatic rings. The summed E-state index contributed by atoms with van der Waals surface area (Å²) in [5, 5.41) is 9.11. The largest absolute Gasteiger partial charge is 0.397 e. The van der Waals surface area contributed by atoms with Gasteiger partial charge in [-0.3, -0.25) is 4.72 Å². The molecule has 0 unspecified atom stereocenters. The molecule has 8 heteroatoms. The van der Waals surface area contributed by atoms with E-state index in [0.717, 1.165) is 11.3 Å². The van der Waals surface area contributed by atoms with Crippen molar-refractivity contribution in [3.05, 3.63) is 40.2 Å². The van der Waals surface area contributed by atoms with Gasteiger partial charge in [0.1, 0.15) is 15.2 Å². The average molecular weight is 314 g/mol. The maximum atomic E-state index is 12.1. The minimum atomic E-state index is -3.74. The van der Waals surface area contributed by atoms with Crippen molar-refractivity contribution in [1.82, 2.24) is 0 Å². The lowest BCUT2D eigenvalue weighted by atomic mass is 10.3. The predicted octanol–water partition coefficient (Wildman–Crippen LogP) is 2.66. The van der Waals surface area contributed by atoms with Crippen LogP contribution < -0.4 is 10.5 Å². The van der Waals surface area contributed by atoms with Gasteiger partial charge in [-0.2, -0.15) is 5.26 Å². The summed E-state index contributed by atoms with van der Waals surface area (Å²) in [5.41, 5.74) is 6.15. The Bertz CT molecular complexity index is 762. The van der Waals surface area contributed by atoms with Crippen LogP contribution >= 0.6 is 22.9 Å². The third-order valence-electron chi connectivity index (χ3n) is 2.21. The molecule has 0 aliphatic heterocycles. The highest BCUT2D eigenvalue weighted by atomic mass is 35.5. The molecule has 0 atom stereocenters. The lowest BCUT2D eigenvalue weighted by Gasteiger charge is -2.08. The van der Waals surface area contributed by atoms with Crippen molar-refractivity contribution < 1.29 is 8.42 Å². The Labute approximate surface area is 119 Å². The maximum Gasteiger partial charge on any atom is 0.271 e. The van der Waals surface area contributed by atoms with E-state index in [4.69, 9.17) is 22.6 Å². The van der Waals surface area contributed by atoms with Crippen molar-refractivity contribution >= 4 is 44.3 Å². The van der Waals surface area contributed by atoms with Crippen molar-refractivity contribution in [2.45, 2.75) is 4.21 Å². The number of halogens is 1. The van der Waals surface area contributed by atoms with Gasteiger partial charge < -0.3 is 5.73 Å². The Morgan fingerprint density at radius 1 is 1.32 bits per heavy atom.